The van der Waals surface area contributed by atoms with Crippen LogP contribution in [-0.2, 0) is 0 Å². The third kappa shape index (κ3) is 2.39. The number of rotatable bonds is 2. The minimum Gasteiger partial charge on any atom is -0.389 e. The molecule has 0 fully saturated rings. The third-order valence-electron chi connectivity index (χ3n) is 3.39. The minimum absolute atomic E-state index is 0.137. The van der Waals surface area contributed by atoms with Gasteiger partial charge in [-0.15, -0.1) is 0 Å². The molecule has 0 aliphatic heterocycles. The maximum absolute atomic E-state index is 12.5. The van der Waals surface area contributed by atoms with Gasteiger partial charge in [-0.05, 0) is 11.1 Å². The Hall–Kier alpha value is -2.90. The van der Waals surface area contributed by atoms with Crippen LogP contribution in [0.1, 0.15) is 5.56 Å². The van der Waals surface area contributed by atoms with E-state index in [0.717, 1.165) is 22.5 Å². The molecule has 106 valence electrons. The Balaban J connectivity index is 2.45. The van der Waals surface area contributed by atoms with Crippen LogP contribution in [0, 0.1) is 11.3 Å². The van der Waals surface area contributed by atoms with Crippen molar-refractivity contribution in [3.8, 4) is 28.3 Å². The van der Waals surface area contributed by atoms with E-state index >= 15 is 0 Å². The third-order valence-corrected chi connectivity index (χ3v) is 4.20. The second-order valence-corrected chi connectivity index (χ2v) is 5.74. The van der Waals surface area contributed by atoms with Crippen LogP contribution in [0.4, 0.5) is 5.00 Å². The van der Waals surface area contributed by atoms with E-state index in [9.17, 15) is 10.1 Å². The molecule has 3 nitrogen and oxygen atoms in total. The summed E-state index contributed by atoms with van der Waals surface area (Å²) in [6.07, 6.45) is 0. The molecular weight excluding hydrogens is 292 g/mol. The number of nitrogen functional groups attached to an aromatic ring is 1. The van der Waals surface area contributed by atoms with Gasteiger partial charge in [-0.1, -0.05) is 72.0 Å². The summed E-state index contributed by atoms with van der Waals surface area (Å²) >= 11 is 0.913. The van der Waals surface area contributed by atoms with E-state index in [1.54, 1.807) is 0 Å². The fraction of sp³-hybridized carbons (Fsp3) is 0. The monoisotopic (exact) mass is 304 g/mol. The fourth-order valence-corrected chi connectivity index (χ4v) is 3.20. The van der Waals surface area contributed by atoms with Crippen molar-refractivity contribution in [1.29, 1.82) is 5.26 Å². The number of hydrogen-bond acceptors (Lipinski definition) is 4. The molecule has 0 atom stereocenters. The van der Waals surface area contributed by atoms with Crippen LogP contribution in [-0.4, -0.2) is 0 Å². The fourth-order valence-electron chi connectivity index (χ4n) is 2.42. The van der Waals surface area contributed by atoms with Crippen molar-refractivity contribution >= 4 is 16.3 Å². The predicted octanol–water partition coefficient (Wildman–Crippen LogP) is 3.90. The van der Waals surface area contributed by atoms with E-state index in [0.29, 0.717) is 16.7 Å². The van der Waals surface area contributed by atoms with Crippen LogP contribution in [0.3, 0.4) is 0 Å². The van der Waals surface area contributed by atoms with Crippen LogP contribution >= 0.6 is 11.3 Å². The standard InChI is InChI=1S/C18H12N2OS/c19-11-14-15(12-7-3-1-4-8-12)16(18(21)22-17(14)20)13-9-5-2-6-10-13/h1-10H,20H2. The molecule has 0 saturated heterocycles. The molecule has 0 aliphatic carbocycles. The zero-order chi connectivity index (χ0) is 15.5. The van der Waals surface area contributed by atoms with E-state index in [4.69, 9.17) is 5.73 Å². The highest BCUT2D eigenvalue weighted by Gasteiger charge is 2.19. The molecule has 0 bridgehead atoms. The number of nitrogens with two attached hydrogens (primary N) is 1. The predicted molar refractivity (Wildman–Crippen MR) is 90.6 cm³/mol. The van der Waals surface area contributed by atoms with Crippen molar-refractivity contribution in [3.63, 3.8) is 0 Å². The molecule has 3 rings (SSSR count). The van der Waals surface area contributed by atoms with Crippen molar-refractivity contribution in [2.24, 2.45) is 0 Å². The molecule has 3 aromatic rings. The Morgan fingerprint density at radius 3 is 1.86 bits per heavy atom. The van der Waals surface area contributed by atoms with Crippen LogP contribution in [0.15, 0.2) is 65.5 Å². The summed E-state index contributed by atoms with van der Waals surface area (Å²) in [7, 11) is 0. The highest BCUT2D eigenvalue weighted by molar-refractivity contribution is 7.13. The van der Waals surface area contributed by atoms with Gasteiger partial charge in [0, 0.05) is 11.1 Å². The zero-order valence-electron chi connectivity index (χ0n) is 11.6. The van der Waals surface area contributed by atoms with Crippen molar-refractivity contribution in [3.05, 3.63) is 75.8 Å². The minimum atomic E-state index is -0.137. The van der Waals surface area contributed by atoms with Crippen molar-refractivity contribution in [2.45, 2.75) is 0 Å². The van der Waals surface area contributed by atoms with Gasteiger partial charge in [-0.2, -0.15) is 5.26 Å². The lowest BCUT2D eigenvalue weighted by molar-refractivity contribution is 1.49. The van der Waals surface area contributed by atoms with Gasteiger partial charge < -0.3 is 5.73 Å². The van der Waals surface area contributed by atoms with E-state index < -0.39 is 0 Å². The highest BCUT2D eigenvalue weighted by atomic mass is 32.1. The first kappa shape index (κ1) is 14.1. The first-order valence-corrected chi connectivity index (χ1v) is 7.51. The number of nitrogens with zero attached hydrogens (tertiary/aromatic N) is 1. The van der Waals surface area contributed by atoms with E-state index in [1.165, 1.54) is 0 Å². The molecule has 1 aromatic heterocycles. The lowest BCUT2D eigenvalue weighted by Crippen LogP contribution is -2.07. The van der Waals surface area contributed by atoms with Crippen molar-refractivity contribution in [2.75, 3.05) is 5.73 Å². The molecule has 1 heterocycles. The van der Waals surface area contributed by atoms with Gasteiger partial charge in [-0.3, -0.25) is 4.79 Å². The Labute approximate surface area is 131 Å². The van der Waals surface area contributed by atoms with Gasteiger partial charge in [0.2, 0.25) is 4.74 Å². The topological polar surface area (TPSA) is 66.9 Å². The normalized spacial score (nSPS) is 10.1. The average Bonchev–Trinajstić information content (AvgIpc) is 2.56. The van der Waals surface area contributed by atoms with Gasteiger partial charge in [0.1, 0.15) is 11.1 Å². The van der Waals surface area contributed by atoms with Gasteiger partial charge in [0.15, 0.2) is 0 Å². The number of hydrogen-bond donors (Lipinski definition) is 1. The maximum Gasteiger partial charge on any atom is 0.242 e. The van der Waals surface area contributed by atoms with E-state index in [1.807, 2.05) is 60.7 Å². The molecule has 2 aromatic carbocycles. The summed E-state index contributed by atoms with van der Waals surface area (Å²) in [5, 5.41) is 9.75. The molecule has 22 heavy (non-hydrogen) atoms. The molecule has 0 spiro atoms. The Morgan fingerprint density at radius 1 is 0.864 bits per heavy atom. The lowest BCUT2D eigenvalue weighted by atomic mass is 9.94. The highest BCUT2D eigenvalue weighted by Crippen LogP contribution is 2.36. The Morgan fingerprint density at radius 2 is 1.36 bits per heavy atom. The number of benzene rings is 2. The van der Waals surface area contributed by atoms with Gasteiger partial charge in [-0.25, -0.2) is 0 Å². The summed E-state index contributed by atoms with van der Waals surface area (Å²) in [5.41, 5.74) is 9.01. The quantitative estimate of drug-likeness (QED) is 0.781. The van der Waals surface area contributed by atoms with Crippen molar-refractivity contribution in [1.82, 2.24) is 0 Å². The zero-order valence-corrected chi connectivity index (χ0v) is 12.4. The molecule has 2 N–H and O–H groups in total. The summed E-state index contributed by atoms with van der Waals surface area (Å²) in [5.74, 6) is 0. The maximum atomic E-state index is 12.5. The van der Waals surface area contributed by atoms with E-state index in [2.05, 4.69) is 6.07 Å². The Bertz CT molecular complexity index is 910. The lowest BCUT2D eigenvalue weighted by Gasteiger charge is -2.12. The molecule has 0 unspecified atom stereocenters. The molecule has 0 radical (unpaired) electrons. The van der Waals surface area contributed by atoms with Crippen LogP contribution in [0.25, 0.3) is 22.3 Å². The van der Waals surface area contributed by atoms with Gasteiger partial charge in [0.05, 0.1) is 5.56 Å². The SMILES string of the molecule is N#Cc1c(N)sc(=O)c(-c2ccccc2)c1-c1ccccc1. The average molecular weight is 304 g/mol. The number of nitriles is 1. The van der Waals surface area contributed by atoms with Gasteiger partial charge in [0.25, 0.3) is 0 Å². The molecule has 0 aliphatic rings. The van der Waals surface area contributed by atoms with Gasteiger partial charge >= 0.3 is 0 Å². The molecular formula is C18H12N2OS. The summed E-state index contributed by atoms with van der Waals surface area (Å²) in [6, 6.07) is 20.9. The smallest absolute Gasteiger partial charge is 0.242 e. The second kappa shape index (κ2) is 5.84. The number of anilines is 1. The molecule has 4 heteroatoms. The second-order valence-electron chi connectivity index (χ2n) is 4.72. The molecule has 0 amide bonds. The Kier molecular flexibility index (Phi) is 3.73. The van der Waals surface area contributed by atoms with Crippen LogP contribution < -0.4 is 10.5 Å². The molecule has 0 saturated carbocycles. The van der Waals surface area contributed by atoms with Crippen LogP contribution in [0.2, 0.25) is 0 Å². The first-order chi connectivity index (χ1) is 10.7. The summed E-state index contributed by atoms with van der Waals surface area (Å²) < 4.78 is -0.137. The van der Waals surface area contributed by atoms with Crippen molar-refractivity contribution < 1.29 is 0 Å². The first-order valence-electron chi connectivity index (χ1n) is 6.70. The summed E-state index contributed by atoms with van der Waals surface area (Å²) in [4.78, 5) is 12.5. The van der Waals surface area contributed by atoms with E-state index in [-0.39, 0.29) is 9.74 Å². The summed E-state index contributed by atoms with van der Waals surface area (Å²) in [6.45, 7) is 0. The largest absolute Gasteiger partial charge is 0.389 e. The van der Waals surface area contributed by atoms with Crippen LogP contribution in [0.5, 0.6) is 0 Å².